The van der Waals surface area contributed by atoms with Crippen molar-refractivity contribution in [3.63, 3.8) is 0 Å². The van der Waals surface area contributed by atoms with Crippen LogP contribution in [0.25, 0.3) is 0 Å². The molecule has 1 aromatic rings. The fraction of sp³-hybridized carbons (Fsp3) is 0.667. The van der Waals surface area contributed by atoms with Gasteiger partial charge in [0.1, 0.15) is 0 Å². The second-order valence-electron chi connectivity index (χ2n) is 6.19. The molecule has 2 aliphatic rings. The lowest BCUT2D eigenvalue weighted by atomic mass is 10.1. The van der Waals surface area contributed by atoms with Crippen LogP contribution >= 0.6 is 0 Å². The Morgan fingerprint density at radius 2 is 2.17 bits per heavy atom. The number of pyridine rings is 1. The van der Waals surface area contributed by atoms with Crippen molar-refractivity contribution in [3.8, 4) is 0 Å². The maximum absolute atomic E-state index is 13.2. The number of aromatic nitrogens is 1. The number of nitrogens with one attached hydrogen (secondary N) is 1. The monoisotopic (exact) mass is 340 g/mol. The van der Waals surface area contributed by atoms with E-state index in [0.29, 0.717) is 32.8 Å². The molecular weight excluding hydrogens is 316 g/mol. The third-order valence-electron chi connectivity index (χ3n) is 4.41. The molecule has 2 fully saturated rings. The van der Waals surface area contributed by atoms with Crippen LogP contribution in [0.1, 0.15) is 25.5 Å². The summed E-state index contributed by atoms with van der Waals surface area (Å²) in [5.74, 6) is 0. The van der Waals surface area contributed by atoms with Gasteiger partial charge in [-0.15, -0.1) is 0 Å². The van der Waals surface area contributed by atoms with Crippen LogP contribution in [0.3, 0.4) is 0 Å². The zero-order valence-electron chi connectivity index (χ0n) is 13.6. The average Bonchev–Trinajstić information content (AvgIpc) is 2.58. The SMILES string of the molecule is CC1CN(S(=O)(=O)N2CCNCC2c2cccnc2)C(C)CO1. The van der Waals surface area contributed by atoms with Crippen molar-refractivity contribution in [2.24, 2.45) is 0 Å². The largest absolute Gasteiger partial charge is 0.375 e. The molecular formula is C15H24N4O3S. The van der Waals surface area contributed by atoms with Gasteiger partial charge in [0.05, 0.1) is 18.8 Å². The number of nitrogens with zero attached hydrogens (tertiary/aromatic N) is 3. The zero-order valence-corrected chi connectivity index (χ0v) is 14.4. The first kappa shape index (κ1) is 16.8. The number of piperazine rings is 1. The van der Waals surface area contributed by atoms with Gasteiger partial charge in [-0.05, 0) is 25.5 Å². The van der Waals surface area contributed by atoms with Crippen LogP contribution in [0.4, 0.5) is 0 Å². The van der Waals surface area contributed by atoms with Gasteiger partial charge in [0.25, 0.3) is 10.2 Å². The maximum atomic E-state index is 13.2. The molecule has 1 aromatic heterocycles. The quantitative estimate of drug-likeness (QED) is 0.861. The number of hydrogen-bond acceptors (Lipinski definition) is 5. The van der Waals surface area contributed by atoms with Crippen LogP contribution in [0.5, 0.6) is 0 Å². The molecule has 128 valence electrons. The van der Waals surface area contributed by atoms with Crippen LogP contribution in [-0.2, 0) is 14.9 Å². The minimum atomic E-state index is -3.55. The standard InChI is InChI=1S/C15H24N4O3S/c1-12-11-22-13(2)10-19(12)23(20,21)18-7-6-17-9-15(18)14-4-3-5-16-8-14/h3-5,8,12-13,15,17H,6-7,9-11H2,1-2H3. The molecule has 2 saturated heterocycles. The van der Waals surface area contributed by atoms with E-state index in [0.717, 1.165) is 5.56 Å². The predicted molar refractivity (Wildman–Crippen MR) is 87.1 cm³/mol. The molecule has 0 amide bonds. The van der Waals surface area contributed by atoms with Crippen LogP contribution in [-0.4, -0.2) is 66.9 Å². The van der Waals surface area contributed by atoms with Gasteiger partial charge in [-0.1, -0.05) is 6.07 Å². The molecule has 8 heteroatoms. The third-order valence-corrected chi connectivity index (χ3v) is 6.54. The predicted octanol–water partition coefficient (Wildman–Crippen LogP) is 0.382. The van der Waals surface area contributed by atoms with E-state index in [1.54, 1.807) is 21.0 Å². The van der Waals surface area contributed by atoms with E-state index in [1.807, 2.05) is 26.0 Å². The van der Waals surface area contributed by atoms with Crippen molar-refractivity contribution >= 4 is 10.2 Å². The van der Waals surface area contributed by atoms with Crippen molar-refractivity contribution in [1.29, 1.82) is 0 Å². The number of morpholine rings is 1. The lowest BCUT2D eigenvalue weighted by Crippen LogP contribution is -2.58. The number of rotatable bonds is 3. The Morgan fingerprint density at radius 3 is 2.91 bits per heavy atom. The Kier molecular flexibility index (Phi) is 4.98. The first-order valence-electron chi connectivity index (χ1n) is 8.01. The summed E-state index contributed by atoms with van der Waals surface area (Å²) in [6.45, 7) is 6.34. The third kappa shape index (κ3) is 3.41. The molecule has 3 atom stereocenters. The van der Waals surface area contributed by atoms with Crippen molar-refractivity contribution in [2.75, 3.05) is 32.8 Å². The first-order chi connectivity index (χ1) is 11.0. The normalized spacial score (nSPS) is 31.1. The lowest BCUT2D eigenvalue weighted by molar-refractivity contribution is -0.0198. The molecule has 3 rings (SSSR count). The summed E-state index contributed by atoms with van der Waals surface area (Å²) in [5, 5.41) is 3.28. The molecule has 0 bridgehead atoms. The van der Waals surface area contributed by atoms with Crippen LogP contribution < -0.4 is 5.32 Å². The van der Waals surface area contributed by atoms with E-state index in [2.05, 4.69) is 10.3 Å². The highest BCUT2D eigenvalue weighted by Crippen LogP contribution is 2.28. The molecule has 0 aromatic carbocycles. The van der Waals surface area contributed by atoms with E-state index in [4.69, 9.17) is 4.74 Å². The smallest absolute Gasteiger partial charge is 0.283 e. The Labute approximate surface area is 137 Å². The van der Waals surface area contributed by atoms with E-state index >= 15 is 0 Å². The second-order valence-corrected chi connectivity index (χ2v) is 8.02. The average molecular weight is 340 g/mol. The fourth-order valence-corrected chi connectivity index (χ4v) is 5.17. The lowest BCUT2D eigenvalue weighted by Gasteiger charge is -2.42. The molecule has 0 saturated carbocycles. The summed E-state index contributed by atoms with van der Waals surface area (Å²) >= 11 is 0. The van der Waals surface area contributed by atoms with Crippen molar-refractivity contribution < 1.29 is 13.2 Å². The molecule has 0 aliphatic carbocycles. The van der Waals surface area contributed by atoms with Gasteiger partial charge in [0, 0.05) is 44.6 Å². The Balaban J connectivity index is 1.90. The highest BCUT2D eigenvalue weighted by Gasteiger charge is 2.41. The molecule has 2 aliphatic heterocycles. The topological polar surface area (TPSA) is 74.8 Å². The van der Waals surface area contributed by atoms with Crippen LogP contribution in [0, 0.1) is 0 Å². The number of hydrogen-bond donors (Lipinski definition) is 1. The highest BCUT2D eigenvalue weighted by molar-refractivity contribution is 7.86. The second kappa shape index (κ2) is 6.82. The minimum Gasteiger partial charge on any atom is -0.375 e. The summed E-state index contributed by atoms with van der Waals surface area (Å²) in [4.78, 5) is 4.13. The zero-order chi connectivity index (χ0) is 16.4. The van der Waals surface area contributed by atoms with E-state index in [1.165, 1.54) is 0 Å². The molecule has 3 heterocycles. The Morgan fingerprint density at radius 1 is 1.35 bits per heavy atom. The first-order valence-corrected chi connectivity index (χ1v) is 9.40. The maximum Gasteiger partial charge on any atom is 0.283 e. The van der Waals surface area contributed by atoms with Crippen molar-refractivity contribution in [1.82, 2.24) is 18.9 Å². The van der Waals surface area contributed by atoms with Gasteiger partial charge < -0.3 is 10.1 Å². The molecule has 0 spiro atoms. The van der Waals surface area contributed by atoms with E-state index in [-0.39, 0.29) is 18.2 Å². The highest BCUT2D eigenvalue weighted by atomic mass is 32.2. The Hall–Kier alpha value is -1.06. The minimum absolute atomic E-state index is 0.0827. The summed E-state index contributed by atoms with van der Waals surface area (Å²) in [7, 11) is -3.55. The molecule has 1 N–H and O–H groups in total. The van der Waals surface area contributed by atoms with Crippen LogP contribution in [0.2, 0.25) is 0 Å². The molecule has 0 radical (unpaired) electrons. The van der Waals surface area contributed by atoms with Crippen molar-refractivity contribution in [2.45, 2.75) is 32.0 Å². The summed E-state index contributed by atoms with van der Waals surface area (Å²) in [6.07, 6.45) is 3.36. The van der Waals surface area contributed by atoms with E-state index < -0.39 is 10.2 Å². The van der Waals surface area contributed by atoms with Crippen molar-refractivity contribution in [3.05, 3.63) is 30.1 Å². The van der Waals surface area contributed by atoms with Gasteiger partial charge in [-0.25, -0.2) is 0 Å². The summed E-state index contributed by atoms with van der Waals surface area (Å²) < 4.78 is 35.2. The van der Waals surface area contributed by atoms with Gasteiger partial charge >= 0.3 is 0 Å². The molecule has 23 heavy (non-hydrogen) atoms. The van der Waals surface area contributed by atoms with Gasteiger partial charge in [0.15, 0.2) is 0 Å². The van der Waals surface area contributed by atoms with E-state index in [9.17, 15) is 8.42 Å². The summed E-state index contributed by atoms with van der Waals surface area (Å²) in [5.41, 5.74) is 0.914. The van der Waals surface area contributed by atoms with Gasteiger partial charge in [-0.2, -0.15) is 17.0 Å². The Bertz CT molecular complexity index is 625. The fourth-order valence-electron chi connectivity index (χ4n) is 3.15. The van der Waals surface area contributed by atoms with Crippen LogP contribution in [0.15, 0.2) is 24.5 Å². The van der Waals surface area contributed by atoms with Gasteiger partial charge in [-0.3, -0.25) is 4.98 Å². The number of ether oxygens (including phenoxy) is 1. The molecule has 7 nitrogen and oxygen atoms in total. The van der Waals surface area contributed by atoms with Gasteiger partial charge in [0.2, 0.25) is 0 Å². The molecule has 3 unspecified atom stereocenters. The summed E-state index contributed by atoms with van der Waals surface area (Å²) in [6, 6.07) is 3.39.